The lowest BCUT2D eigenvalue weighted by atomic mass is 9.51. The highest BCUT2D eigenvalue weighted by Crippen LogP contribution is 2.64. The van der Waals surface area contributed by atoms with Crippen molar-refractivity contribution in [2.75, 3.05) is 11.9 Å². The summed E-state index contributed by atoms with van der Waals surface area (Å²) < 4.78 is 0. The summed E-state index contributed by atoms with van der Waals surface area (Å²) in [5.74, 6) is -3.59. The Morgan fingerprint density at radius 1 is 0.917 bits per heavy atom. The molecule has 2 aliphatic carbocycles. The number of allylic oxidation sites excluding steroid dienone is 2. The minimum absolute atomic E-state index is 0.0931. The van der Waals surface area contributed by atoms with Gasteiger partial charge in [0.25, 0.3) is 0 Å². The van der Waals surface area contributed by atoms with Crippen molar-refractivity contribution in [3.8, 4) is 5.75 Å². The quantitative estimate of drug-likeness (QED) is 0.520. The maximum atomic E-state index is 14.2. The fraction of sp³-hybridized carbons (Fsp3) is 0.379. The first-order valence-corrected chi connectivity index (χ1v) is 12.4. The van der Waals surface area contributed by atoms with Gasteiger partial charge < -0.3 is 5.11 Å². The fourth-order valence-corrected chi connectivity index (χ4v) is 7.25. The van der Waals surface area contributed by atoms with Crippen molar-refractivity contribution in [2.24, 2.45) is 29.1 Å². The summed E-state index contributed by atoms with van der Waals surface area (Å²) in [6, 6.07) is 14.3. The van der Waals surface area contributed by atoms with Crippen LogP contribution in [0.2, 0.25) is 0 Å². The molecule has 1 N–H and O–H groups in total. The molecule has 3 fully saturated rings. The average molecular weight is 485 g/mol. The van der Waals surface area contributed by atoms with Gasteiger partial charge in [-0.1, -0.05) is 48.0 Å². The van der Waals surface area contributed by atoms with Crippen LogP contribution in [0.5, 0.6) is 5.75 Å². The minimum Gasteiger partial charge on any atom is -0.507 e. The molecule has 4 aliphatic rings. The summed E-state index contributed by atoms with van der Waals surface area (Å²) in [4.78, 5) is 56.7. The Labute approximate surface area is 209 Å². The zero-order valence-corrected chi connectivity index (χ0v) is 20.5. The molecule has 6 atom stereocenters. The van der Waals surface area contributed by atoms with Gasteiger partial charge in [-0.2, -0.15) is 0 Å². The van der Waals surface area contributed by atoms with Crippen LogP contribution < -0.4 is 4.90 Å². The first-order chi connectivity index (χ1) is 17.2. The van der Waals surface area contributed by atoms with E-state index in [0.717, 1.165) is 5.57 Å². The third-order valence-electron chi connectivity index (χ3n) is 9.09. The minimum atomic E-state index is -1.15. The number of para-hydroxylation sites is 2. The number of anilines is 1. The van der Waals surface area contributed by atoms with Crippen LogP contribution in [0.4, 0.5) is 5.69 Å². The second kappa shape index (κ2) is 7.63. The number of nitrogens with zero attached hydrogens (tertiary/aromatic N) is 2. The molecule has 0 unspecified atom stereocenters. The maximum Gasteiger partial charge on any atom is 0.241 e. The molecule has 2 heterocycles. The number of likely N-dealkylation sites (tertiary alicyclic amines) is 1. The number of carbonyl (C=O) groups excluding carboxylic acids is 4. The van der Waals surface area contributed by atoms with Gasteiger partial charge in [0.05, 0.1) is 28.9 Å². The van der Waals surface area contributed by atoms with Crippen molar-refractivity contribution in [1.29, 1.82) is 0 Å². The number of aromatic hydroxyl groups is 1. The Morgan fingerprint density at radius 3 is 2.36 bits per heavy atom. The summed E-state index contributed by atoms with van der Waals surface area (Å²) in [5.41, 5.74) is 1.50. The van der Waals surface area contributed by atoms with E-state index in [1.54, 1.807) is 43.3 Å². The van der Waals surface area contributed by atoms with Crippen LogP contribution in [0.1, 0.15) is 36.8 Å². The summed E-state index contributed by atoms with van der Waals surface area (Å²) in [5, 5.41) is 11.2. The summed E-state index contributed by atoms with van der Waals surface area (Å²) in [6.45, 7) is 3.63. The van der Waals surface area contributed by atoms with Crippen LogP contribution in [0.25, 0.3) is 0 Å². The molecule has 1 saturated carbocycles. The zero-order valence-electron chi connectivity index (χ0n) is 20.5. The predicted molar refractivity (Wildman–Crippen MR) is 132 cm³/mol. The molecule has 2 saturated heterocycles. The van der Waals surface area contributed by atoms with Crippen molar-refractivity contribution in [1.82, 2.24) is 4.90 Å². The van der Waals surface area contributed by atoms with Gasteiger partial charge in [0.1, 0.15) is 5.75 Å². The van der Waals surface area contributed by atoms with Gasteiger partial charge in [-0.05, 0) is 50.3 Å². The average Bonchev–Trinajstić information content (AvgIpc) is 3.21. The molecule has 0 bridgehead atoms. The highest BCUT2D eigenvalue weighted by atomic mass is 16.3. The number of imide groups is 2. The molecule has 0 spiro atoms. The van der Waals surface area contributed by atoms with E-state index >= 15 is 0 Å². The number of aryl methyl sites for hydroxylation is 1. The summed E-state index contributed by atoms with van der Waals surface area (Å²) >= 11 is 0. The van der Waals surface area contributed by atoms with Gasteiger partial charge in [-0.3, -0.25) is 24.1 Å². The number of benzene rings is 2. The van der Waals surface area contributed by atoms with Crippen LogP contribution >= 0.6 is 0 Å². The van der Waals surface area contributed by atoms with Gasteiger partial charge in [-0.15, -0.1) is 0 Å². The van der Waals surface area contributed by atoms with E-state index in [-0.39, 0.29) is 35.3 Å². The second-order valence-corrected chi connectivity index (χ2v) is 10.7. The Morgan fingerprint density at radius 2 is 1.64 bits per heavy atom. The molecule has 0 radical (unpaired) electrons. The largest absolute Gasteiger partial charge is 0.507 e. The Bertz CT molecular complexity index is 1360. The predicted octanol–water partition coefficient (Wildman–Crippen LogP) is 3.56. The van der Waals surface area contributed by atoms with E-state index in [2.05, 4.69) is 0 Å². The first-order valence-electron chi connectivity index (χ1n) is 12.4. The topological polar surface area (TPSA) is 95.0 Å². The van der Waals surface area contributed by atoms with Gasteiger partial charge in [-0.25, -0.2) is 4.90 Å². The van der Waals surface area contributed by atoms with Crippen molar-refractivity contribution in [3.05, 3.63) is 71.3 Å². The molecule has 7 nitrogen and oxygen atoms in total. The third-order valence-corrected chi connectivity index (χ3v) is 9.09. The molecular weight excluding hydrogens is 456 g/mol. The molecule has 2 aromatic rings. The Kier molecular flexibility index (Phi) is 4.81. The van der Waals surface area contributed by atoms with Crippen molar-refractivity contribution in [3.63, 3.8) is 0 Å². The fourth-order valence-electron chi connectivity index (χ4n) is 7.25. The number of hydrogen-bond donors (Lipinski definition) is 1. The van der Waals surface area contributed by atoms with Gasteiger partial charge in [0.2, 0.25) is 23.6 Å². The van der Waals surface area contributed by atoms with Crippen LogP contribution in [0, 0.1) is 36.0 Å². The number of amides is 4. The smallest absolute Gasteiger partial charge is 0.241 e. The van der Waals surface area contributed by atoms with E-state index in [4.69, 9.17) is 0 Å². The zero-order chi connectivity index (χ0) is 25.5. The standard InChI is InChI=1S/C29H28N2O5/c1-15-8-7-11-19(24(15)32)23-17-12-13-18-22(27(35)30(3)25(18)33)20(17)14-21-26(34)31(28(36)29(21,23)2)16-9-5-4-6-10-16/h4-12,18,20-23,32H,13-14H2,1-3H3/t18-,20+,21-,22-,23+,29+/m0/s1. The van der Waals surface area contributed by atoms with E-state index < -0.39 is 29.1 Å². The lowest BCUT2D eigenvalue weighted by molar-refractivity contribution is -0.138. The Balaban J connectivity index is 1.57. The number of phenolic OH excluding ortho intramolecular Hbond substituents is 1. The van der Waals surface area contributed by atoms with Crippen LogP contribution in [0.3, 0.4) is 0 Å². The SMILES string of the molecule is Cc1cccc([C@H]2C3=CC[C@@H]4C(=O)N(C)C(=O)[C@@H]4[C@@H]3C[C@H]3C(=O)N(c4ccccc4)C(=O)[C@@]23C)c1O. The number of rotatable bonds is 2. The van der Waals surface area contributed by atoms with E-state index in [1.165, 1.54) is 16.8 Å². The lowest BCUT2D eigenvalue weighted by Gasteiger charge is -2.49. The van der Waals surface area contributed by atoms with E-state index in [9.17, 15) is 24.3 Å². The van der Waals surface area contributed by atoms with Gasteiger partial charge in [0, 0.05) is 18.5 Å². The molecule has 184 valence electrons. The number of hydrogen-bond acceptors (Lipinski definition) is 5. The molecule has 2 aliphatic heterocycles. The summed E-state index contributed by atoms with van der Waals surface area (Å²) in [7, 11) is 1.51. The number of carbonyl (C=O) groups is 4. The molecule has 6 rings (SSSR count). The number of fused-ring (bicyclic) bond motifs is 4. The van der Waals surface area contributed by atoms with Crippen molar-refractivity contribution >= 4 is 29.3 Å². The number of phenols is 1. The van der Waals surface area contributed by atoms with Crippen LogP contribution in [-0.4, -0.2) is 40.7 Å². The highest BCUT2D eigenvalue weighted by Gasteiger charge is 2.67. The Hall–Kier alpha value is -3.74. The molecule has 0 aromatic heterocycles. The van der Waals surface area contributed by atoms with Crippen LogP contribution in [-0.2, 0) is 19.2 Å². The van der Waals surface area contributed by atoms with E-state index in [1.807, 2.05) is 25.1 Å². The lowest BCUT2D eigenvalue weighted by Crippen LogP contribution is -2.48. The molecule has 7 heteroatoms. The van der Waals surface area contributed by atoms with Crippen molar-refractivity contribution in [2.45, 2.75) is 32.6 Å². The molecule has 36 heavy (non-hydrogen) atoms. The molecule has 2 aromatic carbocycles. The van der Waals surface area contributed by atoms with Gasteiger partial charge >= 0.3 is 0 Å². The van der Waals surface area contributed by atoms with Gasteiger partial charge in [0.15, 0.2) is 0 Å². The highest BCUT2D eigenvalue weighted by molar-refractivity contribution is 6.24. The normalized spacial score (nSPS) is 33.4. The molecular formula is C29H28N2O5. The third kappa shape index (κ3) is 2.74. The first kappa shape index (κ1) is 22.7. The monoisotopic (exact) mass is 484 g/mol. The second-order valence-electron chi connectivity index (χ2n) is 10.7. The van der Waals surface area contributed by atoms with Crippen LogP contribution in [0.15, 0.2) is 60.2 Å². The maximum absolute atomic E-state index is 14.2. The summed E-state index contributed by atoms with van der Waals surface area (Å²) in [6.07, 6.45) is 2.71. The van der Waals surface area contributed by atoms with E-state index in [0.29, 0.717) is 29.7 Å². The molecule has 4 amide bonds. The van der Waals surface area contributed by atoms with Crippen molar-refractivity contribution < 1.29 is 24.3 Å².